The lowest BCUT2D eigenvalue weighted by Gasteiger charge is -2.32. The van der Waals surface area contributed by atoms with Crippen molar-refractivity contribution < 1.29 is 10.2 Å². The molecule has 3 aromatic carbocycles. The summed E-state index contributed by atoms with van der Waals surface area (Å²) in [5, 5.41) is 21.9. The smallest absolute Gasteiger partial charge is 0.115 e. The van der Waals surface area contributed by atoms with E-state index in [2.05, 4.69) is 41.8 Å². The Morgan fingerprint density at radius 1 is 0.714 bits per heavy atom. The third-order valence-electron chi connectivity index (χ3n) is 5.91. The van der Waals surface area contributed by atoms with Crippen molar-refractivity contribution in [2.24, 2.45) is 0 Å². The minimum atomic E-state index is -0.327. The normalized spacial score (nSPS) is 17.4. The van der Waals surface area contributed by atoms with Crippen molar-refractivity contribution in [3.8, 4) is 11.5 Å². The first-order valence-electron chi connectivity index (χ1n) is 9.40. The number of thiophene rings is 1. The van der Waals surface area contributed by atoms with E-state index in [1.807, 2.05) is 24.3 Å². The second-order valence-electron chi connectivity index (χ2n) is 7.36. The number of phenolic OH excluding ortho intramolecular Hbond substituents is 2. The summed E-state index contributed by atoms with van der Waals surface area (Å²) in [5.41, 5.74) is 4.63. The molecule has 0 radical (unpaired) electrons. The van der Waals surface area contributed by atoms with E-state index < -0.39 is 0 Å². The number of phenols is 2. The van der Waals surface area contributed by atoms with E-state index >= 15 is 0 Å². The average Bonchev–Trinajstić information content (AvgIpc) is 3.36. The van der Waals surface area contributed by atoms with Gasteiger partial charge in [0.1, 0.15) is 11.5 Å². The van der Waals surface area contributed by atoms with Crippen molar-refractivity contribution in [1.82, 2.24) is 0 Å². The van der Waals surface area contributed by atoms with E-state index in [1.165, 1.54) is 16.0 Å². The zero-order valence-corrected chi connectivity index (χ0v) is 16.1. The number of aromatic hydroxyl groups is 2. The van der Waals surface area contributed by atoms with E-state index in [0.29, 0.717) is 5.92 Å². The highest BCUT2D eigenvalue weighted by molar-refractivity contribution is 7.10. The fourth-order valence-electron chi connectivity index (χ4n) is 4.66. The van der Waals surface area contributed by atoms with E-state index in [4.69, 9.17) is 0 Å². The molecule has 0 fully saturated rings. The number of rotatable bonds is 3. The van der Waals surface area contributed by atoms with Crippen LogP contribution in [0.15, 0.2) is 90.3 Å². The number of fused-ring (bicyclic) bond motifs is 1. The lowest BCUT2D eigenvalue weighted by Crippen LogP contribution is -2.26. The van der Waals surface area contributed by atoms with Crippen LogP contribution < -0.4 is 0 Å². The number of hydrogen-bond donors (Lipinski definition) is 2. The molecule has 1 aliphatic rings. The molecule has 138 valence electrons. The van der Waals surface area contributed by atoms with Gasteiger partial charge in [0, 0.05) is 16.2 Å². The Hall–Kier alpha value is -3.04. The Labute approximate surface area is 168 Å². The molecule has 4 aromatic rings. The van der Waals surface area contributed by atoms with Crippen LogP contribution in [0.1, 0.15) is 39.5 Å². The van der Waals surface area contributed by atoms with Crippen molar-refractivity contribution in [2.45, 2.75) is 17.8 Å². The van der Waals surface area contributed by atoms with Gasteiger partial charge in [-0.3, -0.25) is 0 Å². The van der Waals surface area contributed by atoms with Crippen LogP contribution in [0, 0.1) is 0 Å². The third kappa shape index (κ3) is 2.54. The van der Waals surface area contributed by atoms with E-state index in [1.54, 1.807) is 35.6 Å². The summed E-state index contributed by atoms with van der Waals surface area (Å²) in [5.74, 6) is 0.857. The van der Waals surface area contributed by atoms with Gasteiger partial charge < -0.3 is 10.2 Å². The Balaban J connectivity index is 1.79. The number of hydrogen-bond acceptors (Lipinski definition) is 3. The van der Waals surface area contributed by atoms with Gasteiger partial charge in [-0.2, -0.15) is 0 Å². The van der Waals surface area contributed by atoms with Gasteiger partial charge in [-0.25, -0.2) is 0 Å². The molecule has 0 aliphatic heterocycles. The average molecular weight is 385 g/mol. The Morgan fingerprint density at radius 3 is 1.89 bits per heavy atom. The van der Waals surface area contributed by atoms with Gasteiger partial charge in [0.05, 0.1) is 0 Å². The molecule has 28 heavy (non-hydrogen) atoms. The molecule has 1 heterocycles. The SMILES string of the molecule is Oc1ccc(C2(c3ccc(O)cc3)CC(c3cccs3)c3ccccc32)cc1. The van der Waals surface area contributed by atoms with Crippen molar-refractivity contribution in [1.29, 1.82) is 0 Å². The molecule has 1 unspecified atom stereocenters. The minimum absolute atomic E-state index is 0.269. The second kappa shape index (κ2) is 6.54. The molecule has 0 bridgehead atoms. The molecule has 5 rings (SSSR count). The van der Waals surface area contributed by atoms with Gasteiger partial charge in [0.15, 0.2) is 0 Å². The standard InChI is InChI=1S/C25H20O2S/c26-19-11-7-17(8-12-19)25(18-9-13-20(27)14-10-18)16-22(24-6-3-15-28-24)21-4-1-2-5-23(21)25/h1-15,22,26-27H,16H2. The van der Waals surface area contributed by atoms with Gasteiger partial charge in [-0.05, 0) is 64.4 Å². The van der Waals surface area contributed by atoms with Crippen LogP contribution in [-0.4, -0.2) is 10.2 Å². The molecule has 2 N–H and O–H groups in total. The summed E-state index contributed by atoms with van der Waals surface area (Å²) in [4.78, 5) is 1.37. The third-order valence-corrected chi connectivity index (χ3v) is 6.90. The van der Waals surface area contributed by atoms with Gasteiger partial charge in [0.25, 0.3) is 0 Å². The molecule has 0 saturated heterocycles. The first-order valence-corrected chi connectivity index (χ1v) is 10.3. The van der Waals surface area contributed by atoms with Crippen LogP contribution in [0.3, 0.4) is 0 Å². The molecule has 3 heteroatoms. The van der Waals surface area contributed by atoms with Crippen LogP contribution in [0.25, 0.3) is 0 Å². The van der Waals surface area contributed by atoms with Crippen LogP contribution >= 0.6 is 11.3 Å². The quantitative estimate of drug-likeness (QED) is 0.453. The summed E-state index contributed by atoms with van der Waals surface area (Å²) in [6.45, 7) is 0. The summed E-state index contributed by atoms with van der Waals surface area (Å²) in [6, 6.07) is 28.2. The monoisotopic (exact) mass is 384 g/mol. The van der Waals surface area contributed by atoms with Gasteiger partial charge >= 0.3 is 0 Å². The molecule has 1 aliphatic carbocycles. The predicted octanol–water partition coefficient (Wildman–Crippen LogP) is 6.03. The largest absolute Gasteiger partial charge is 0.508 e. The van der Waals surface area contributed by atoms with Crippen LogP contribution in [-0.2, 0) is 5.41 Å². The zero-order valence-electron chi connectivity index (χ0n) is 15.2. The highest BCUT2D eigenvalue weighted by Crippen LogP contribution is 2.56. The fraction of sp³-hybridized carbons (Fsp3) is 0.120. The van der Waals surface area contributed by atoms with Gasteiger partial charge in [0.2, 0.25) is 0 Å². The summed E-state index contributed by atoms with van der Waals surface area (Å²) in [6.07, 6.45) is 0.919. The molecule has 0 spiro atoms. The predicted molar refractivity (Wildman–Crippen MR) is 113 cm³/mol. The summed E-state index contributed by atoms with van der Waals surface area (Å²) < 4.78 is 0. The Kier molecular flexibility index (Phi) is 3.99. The summed E-state index contributed by atoms with van der Waals surface area (Å²) >= 11 is 1.80. The topological polar surface area (TPSA) is 40.5 Å². The maximum Gasteiger partial charge on any atom is 0.115 e. The van der Waals surface area contributed by atoms with Crippen molar-refractivity contribution >= 4 is 11.3 Å². The van der Waals surface area contributed by atoms with Crippen molar-refractivity contribution in [3.63, 3.8) is 0 Å². The minimum Gasteiger partial charge on any atom is -0.508 e. The Bertz CT molecular complexity index is 1050. The summed E-state index contributed by atoms with van der Waals surface area (Å²) in [7, 11) is 0. The molecular weight excluding hydrogens is 364 g/mol. The first kappa shape index (κ1) is 17.1. The second-order valence-corrected chi connectivity index (χ2v) is 8.34. The molecule has 2 nitrogen and oxygen atoms in total. The number of benzene rings is 3. The van der Waals surface area contributed by atoms with E-state index in [9.17, 15) is 10.2 Å². The van der Waals surface area contributed by atoms with Crippen molar-refractivity contribution in [3.05, 3.63) is 117 Å². The molecular formula is C25H20O2S. The van der Waals surface area contributed by atoms with Crippen LogP contribution in [0.4, 0.5) is 0 Å². The highest BCUT2D eigenvalue weighted by Gasteiger charge is 2.46. The maximum absolute atomic E-state index is 9.86. The Morgan fingerprint density at radius 2 is 1.32 bits per heavy atom. The van der Waals surface area contributed by atoms with E-state index in [-0.39, 0.29) is 16.9 Å². The first-order chi connectivity index (χ1) is 13.7. The van der Waals surface area contributed by atoms with Gasteiger partial charge in [-0.1, -0.05) is 54.6 Å². The van der Waals surface area contributed by atoms with Crippen LogP contribution in [0.2, 0.25) is 0 Å². The molecule has 0 saturated carbocycles. The fourth-order valence-corrected chi connectivity index (χ4v) is 5.51. The van der Waals surface area contributed by atoms with E-state index in [0.717, 1.165) is 17.5 Å². The van der Waals surface area contributed by atoms with Gasteiger partial charge in [-0.15, -0.1) is 11.3 Å². The molecule has 1 aromatic heterocycles. The van der Waals surface area contributed by atoms with Crippen LogP contribution in [0.5, 0.6) is 11.5 Å². The zero-order chi connectivity index (χ0) is 19.1. The highest BCUT2D eigenvalue weighted by atomic mass is 32.1. The lowest BCUT2D eigenvalue weighted by atomic mass is 9.70. The van der Waals surface area contributed by atoms with Crippen molar-refractivity contribution in [2.75, 3.05) is 0 Å². The molecule has 1 atom stereocenters. The maximum atomic E-state index is 9.86. The lowest BCUT2D eigenvalue weighted by molar-refractivity contribution is 0.473. The molecule has 0 amide bonds.